The van der Waals surface area contributed by atoms with Crippen LogP contribution in [0.5, 0.6) is 0 Å². The second kappa shape index (κ2) is 8.89. The zero-order valence-electron chi connectivity index (χ0n) is 16.6. The van der Waals surface area contributed by atoms with Crippen molar-refractivity contribution in [2.45, 2.75) is 26.2 Å². The fourth-order valence-electron chi connectivity index (χ4n) is 3.69. The summed E-state index contributed by atoms with van der Waals surface area (Å²) >= 11 is 0. The number of hydrogen-bond acceptors (Lipinski definition) is 7. The molecule has 1 aliphatic rings. The average Bonchev–Trinajstić information content (AvgIpc) is 3.17. The van der Waals surface area contributed by atoms with Gasteiger partial charge in [-0.25, -0.2) is 9.97 Å². The van der Waals surface area contributed by atoms with Crippen LogP contribution in [0.1, 0.15) is 24.8 Å². The summed E-state index contributed by atoms with van der Waals surface area (Å²) in [5.41, 5.74) is 2.41. The summed E-state index contributed by atoms with van der Waals surface area (Å²) in [5.74, 6) is 1.23. The molecular weight excluding hydrogens is 368 g/mol. The standard InChI is InChI=1S/C21H26N6O2/c1-15-5-2-8-23-19(15)25-11-10-22-18(28)13-16-6-4-12-27(14-16)21-26-20-17(29-21)7-3-9-24-20/h2-3,5,7-9,16H,4,6,10-14H2,1H3,(H,22,28)(H,23,25). The molecule has 4 rings (SSSR count). The van der Waals surface area contributed by atoms with Gasteiger partial charge in [-0.15, -0.1) is 0 Å². The van der Waals surface area contributed by atoms with Crippen LogP contribution in [-0.2, 0) is 4.79 Å². The first-order valence-corrected chi connectivity index (χ1v) is 10.1. The van der Waals surface area contributed by atoms with Crippen LogP contribution in [0, 0.1) is 12.8 Å². The van der Waals surface area contributed by atoms with Gasteiger partial charge in [0, 0.05) is 45.0 Å². The van der Waals surface area contributed by atoms with Crippen LogP contribution in [0.15, 0.2) is 41.1 Å². The summed E-state index contributed by atoms with van der Waals surface area (Å²) in [6, 6.07) is 8.22. The van der Waals surface area contributed by atoms with Gasteiger partial charge in [0.05, 0.1) is 0 Å². The van der Waals surface area contributed by atoms with Gasteiger partial charge in [-0.2, -0.15) is 4.98 Å². The molecule has 3 aromatic heterocycles. The Balaban J connectivity index is 1.23. The van der Waals surface area contributed by atoms with E-state index in [9.17, 15) is 4.79 Å². The van der Waals surface area contributed by atoms with Gasteiger partial charge >= 0.3 is 0 Å². The molecule has 29 heavy (non-hydrogen) atoms. The number of carbonyl (C=O) groups excluding carboxylic acids is 1. The fourth-order valence-corrected chi connectivity index (χ4v) is 3.69. The van der Waals surface area contributed by atoms with Crippen molar-refractivity contribution in [3.63, 3.8) is 0 Å². The number of aromatic nitrogens is 3. The predicted octanol–water partition coefficient (Wildman–Crippen LogP) is 2.76. The monoisotopic (exact) mass is 394 g/mol. The Morgan fingerprint density at radius 2 is 2.10 bits per heavy atom. The molecule has 0 saturated carbocycles. The van der Waals surface area contributed by atoms with Crippen LogP contribution in [0.4, 0.5) is 11.8 Å². The maximum atomic E-state index is 12.4. The molecule has 2 N–H and O–H groups in total. The van der Waals surface area contributed by atoms with Gasteiger partial charge < -0.3 is 20.0 Å². The number of nitrogens with zero attached hydrogens (tertiary/aromatic N) is 4. The molecular formula is C21H26N6O2. The molecule has 8 heteroatoms. The van der Waals surface area contributed by atoms with Crippen LogP contribution in [-0.4, -0.2) is 47.0 Å². The number of oxazole rings is 1. The molecule has 1 unspecified atom stereocenters. The number of nitrogens with one attached hydrogen (secondary N) is 2. The van der Waals surface area contributed by atoms with Crippen molar-refractivity contribution in [3.8, 4) is 0 Å². The van der Waals surface area contributed by atoms with Gasteiger partial charge in [0.2, 0.25) is 11.6 Å². The van der Waals surface area contributed by atoms with E-state index in [1.165, 1.54) is 0 Å². The van der Waals surface area contributed by atoms with Crippen molar-refractivity contribution < 1.29 is 9.21 Å². The molecule has 1 aliphatic heterocycles. The highest BCUT2D eigenvalue weighted by atomic mass is 16.4. The fraction of sp³-hybridized carbons (Fsp3) is 0.429. The van der Waals surface area contributed by atoms with Crippen molar-refractivity contribution in [1.82, 2.24) is 20.3 Å². The van der Waals surface area contributed by atoms with Gasteiger partial charge in [-0.1, -0.05) is 6.07 Å². The third-order valence-corrected chi connectivity index (χ3v) is 5.17. The van der Waals surface area contributed by atoms with Gasteiger partial charge in [-0.05, 0) is 49.4 Å². The minimum atomic E-state index is 0.0793. The van der Waals surface area contributed by atoms with E-state index >= 15 is 0 Å². The van der Waals surface area contributed by atoms with E-state index < -0.39 is 0 Å². The van der Waals surface area contributed by atoms with Gasteiger partial charge in [0.15, 0.2) is 5.58 Å². The van der Waals surface area contributed by atoms with Crippen LogP contribution in [0.3, 0.4) is 0 Å². The molecule has 4 heterocycles. The van der Waals surface area contributed by atoms with E-state index in [0.717, 1.165) is 37.3 Å². The minimum Gasteiger partial charge on any atom is -0.422 e. The van der Waals surface area contributed by atoms with Crippen LogP contribution < -0.4 is 15.5 Å². The lowest BCUT2D eigenvalue weighted by Crippen LogP contribution is -2.38. The van der Waals surface area contributed by atoms with E-state index in [1.54, 1.807) is 12.4 Å². The number of carbonyl (C=O) groups is 1. The second-order valence-electron chi connectivity index (χ2n) is 7.43. The first-order chi connectivity index (χ1) is 14.2. The van der Waals surface area contributed by atoms with Crippen LogP contribution >= 0.6 is 0 Å². The highest BCUT2D eigenvalue weighted by Gasteiger charge is 2.25. The lowest BCUT2D eigenvalue weighted by atomic mass is 9.95. The molecule has 1 atom stereocenters. The number of hydrogen-bond donors (Lipinski definition) is 2. The smallest absolute Gasteiger partial charge is 0.299 e. The number of fused-ring (bicyclic) bond motifs is 1. The molecule has 0 bridgehead atoms. The van der Waals surface area contributed by atoms with Gasteiger partial charge in [0.25, 0.3) is 6.01 Å². The molecule has 3 aromatic rings. The zero-order chi connectivity index (χ0) is 20.1. The number of rotatable bonds is 7. The van der Waals surface area contributed by atoms with Crippen molar-refractivity contribution in [2.24, 2.45) is 5.92 Å². The van der Waals surface area contributed by atoms with Crippen LogP contribution in [0.2, 0.25) is 0 Å². The van der Waals surface area contributed by atoms with E-state index in [2.05, 4.69) is 30.5 Å². The molecule has 1 amide bonds. The number of anilines is 2. The molecule has 0 aliphatic carbocycles. The highest BCUT2D eigenvalue weighted by Crippen LogP contribution is 2.26. The largest absolute Gasteiger partial charge is 0.422 e. The third-order valence-electron chi connectivity index (χ3n) is 5.17. The van der Waals surface area contributed by atoms with E-state index in [1.807, 2.05) is 31.2 Å². The molecule has 0 spiro atoms. The predicted molar refractivity (Wildman–Crippen MR) is 112 cm³/mol. The number of piperidine rings is 1. The summed E-state index contributed by atoms with van der Waals surface area (Å²) in [6.45, 7) is 4.89. The highest BCUT2D eigenvalue weighted by molar-refractivity contribution is 5.76. The Morgan fingerprint density at radius 1 is 1.24 bits per heavy atom. The van der Waals surface area contributed by atoms with Crippen molar-refractivity contribution in [2.75, 3.05) is 36.4 Å². The summed E-state index contributed by atoms with van der Waals surface area (Å²) in [4.78, 5) is 27.5. The second-order valence-corrected chi connectivity index (χ2v) is 7.43. The van der Waals surface area contributed by atoms with E-state index in [4.69, 9.17) is 4.42 Å². The lowest BCUT2D eigenvalue weighted by molar-refractivity contribution is -0.122. The van der Waals surface area contributed by atoms with Crippen LogP contribution in [0.25, 0.3) is 11.2 Å². The first-order valence-electron chi connectivity index (χ1n) is 10.1. The number of pyridine rings is 2. The molecule has 0 aromatic carbocycles. The minimum absolute atomic E-state index is 0.0793. The number of aryl methyl sites for hydroxylation is 1. The Morgan fingerprint density at radius 3 is 2.97 bits per heavy atom. The zero-order valence-corrected chi connectivity index (χ0v) is 16.6. The molecule has 1 fully saturated rings. The average molecular weight is 394 g/mol. The molecule has 152 valence electrons. The normalized spacial score (nSPS) is 16.7. The summed E-state index contributed by atoms with van der Waals surface area (Å²) in [6.07, 6.45) is 6.04. The topological polar surface area (TPSA) is 96.2 Å². The Labute approximate surface area is 169 Å². The maximum absolute atomic E-state index is 12.4. The summed E-state index contributed by atoms with van der Waals surface area (Å²) < 4.78 is 5.83. The SMILES string of the molecule is Cc1cccnc1NCCNC(=O)CC1CCCN(c2nc3ncccc3o2)C1. The number of amides is 1. The Bertz CT molecular complexity index is 939. The maximum Gasteiger partial charge on any atom is 0.299 e. The molecule has 1 saturated heterocycles. The third kappa shape index (κ3) is 4.82. The molecule has 8 nitrogen and oxygen atoms in total. The van der Waals surface area contributed by atoms with Crippen molar-refractivity contribution in [3.05, 3.63) is 42.2 Å². The lowest BCUT2D eigenvalue weighted by Gasteiger charge is -2.31. The molecule has 0 radical (unpaired) electrons. The quantitative estimate of drug-likeness (QED) is 0.595. The first kappa shape index (κ1) is 19.2. The Hall–Kier alpha value is -3.16. The van der Waals surface area contributed by atoms with E-state index in [-0.39, 0.29) is 11.8 Å². The summed E-state index contributed by atoms with van der Waals surface area (Å²) in [7, 11) is 0. The van der Waals surface area contributed by atoms with Crippen molar-refractivity contribution in [1.29, 1.82) is 0 Å². The van der Waals surface area contributed by atoms with Crippen molar-refractivity contribution >= 4 is 29.0 Å². The van der Waals surface area contributed by atoms with Gasteiger partial charge in [-0.3, -0.25) is 4.79 Å². The summed E-state index contributed by atoms with van der Waals surface area (Å²) in [5, 5.41) is 6.25. The van der Waals surface area contributed by atoms with E-state index in [0.29, 0.717) is 36.8 Å². The Kier molecular flexibility index (Phi) is 5.88. The van der Waals surface area contributed by atoms with Gasteiger partial charge in [0.1, 0.15) is 5.82 Å².